The van der Waals surface area contributed by atoms with Gasteiger partial charge in [-0.15, -0.1) is 11.3 Å². The predicted octanol–water partition coefficient (Wildman–Crippen LogP) is 6.80. The number of hydrogen-bond donors (Lipinski definition) is 0. The molecule has 0 aliphatic rings. The van der Waals surface area contributed by atoms with Gasteiger partial charge in [0.2, 0.25) is 0 Å². The van der Waals surface area contributed by atoms with Crippen molar-refractivity contribution in [3.8, 4) is 0 Å². The van der Waals surface area contributed by atoms with Gasteiger partial charge in [0.1, 0.15) is 11.6 Å². The Kier molecular flexibility index (Phi) is 5.03. The van der Waals surface area contributed by atoms with Gasteiger partial charge in [-0.05, 0) is 66.0 Å². The van der Waals surface area contributed by atoms with Crippen molar-refractivity contribution in [1.82, 2.24) is 0 Å². The lowest BCUT2D eigenvalue weighted by atomic mass is 10.1. The normalized spacial score (nSPS) is 12.8. The van der Waals surface area contributed by atoms with Crippen LogP contribution in [0.4, 0.5) is 8.78 Å². The van der Waals surface area contributed by atoms with E-state index in [0.717, 1.165) is 19.2 Å². The molecule has 0 N–H and O–H groups in total. The Hall–Kier alpha value is 0.700. The van der Waals surface area contributed by atoms with Gasteiger partial charge < -0.3 is 0 Å². The zero-order chi connectivity index (χ0) is 13.4. The van der Waals surface area contributed by atoms with Crippen LogP contribution in [0.3, 0.4) is 0 Å². The Bertz CT molecular complexity index is 577. The average Bonchev–Trinajstić information content (AvgIpc) is 2.63. The van der Waals surface area contributed by atoms with E-state index in [-0.39, 0.29) is 14.9 Å². The fourth-order valence-electron chi connectivity index (χ4n) is 1.37. The van der Waals surface area contributed by atoms with Gasteiger partial charge in [-0.3, -0.25) is 0 Å². The first kappa shape index (κ1) is 15.1. The van der Waals surface area contributed by atoms with Crippen LogP contribution >= 0.6 is 75.1 Å². The molecule has 0 aliphatic heterocycles. The van der Waals surface area contributed by atoms with E-state index in [9.17, 15) is 8.78 Å². The Morgan fingerprint density at radius 3 is 2.17 bits per heavy atom. The predicted molar refractivity (Wildman–Crippen MR) is 84.5 cm³/mol. The fraction of sp³-hybridized carbons (Fsp3) is 0.0909. The maximum absolute atomic E-state index is 13.8. The minimum Gasteiger partial charge on any atom is -0.207 e. The first-order chi connectivity index (χ1) is 8.40. The lowest BCUT2D eigenvalue weighted by Crippen LogP contribution is -1.96. The smallest absolute Gasteiger partial charge is 0.137 e. The van der Waals surface area contributed by atoms with Gasteiger partial charge in [-0.2, -0.15) is 0 Å². The molecule has 0 spiro atoms. The van der Waals surface area contributed by atoms with Gasteiger partial charge >= 0.3 is 0 Å². The van der Waals surface area contributed by atoms with Gasteiger partial charge in [0.25, 0.3) is 0 Å². The summed E-state index contributed by atoms with van der Waals surface area (Å²) in [5.74, 6) is -0.934. The van der Waals surface area contributed by atoms with Crippen molar-refractivity contribution >= 4 is 75.1 Å². The van der Waals surface area contributed by atoms with E-state index in [1.165, 1.54) is 17.4 Å². The number of thiophene rings is 1. The lowest BCUT2D eigenvalue weighted by molar-refractivity contribution is 0.583. The van der Waals surface area contributed by atoms with Crippen molar-refractivity contribution in [1.29, 1.82) is 0 Å². The summed E-state index contributed by atoms with van der Waals surface area (Å²) in [6, 6.07) is 4.20. The van der Waals surface area contributed by atoms with E-state index < -0.39 is 11.6 Å². The molecule has 7 heteroatoms. The van der Waals surface area contributed by atoms with E-state index in [0.29, 0.717) is 0 Å². The molecule has 0 fully saturated rings. The Morgan fingerprint density at radius 2 is 1.61 bits per heavy atom. The molecule has 0 amide bonds. The van der Waals surface area contributed by atoms with Gasteiger partial charge in [0, 0.05) is 14.9 Å². The van der Waals surface area contributed by atoms with Crippen LogP contribution in [0.15, 0.2) is 30.9 Å². The third-order valence-corrected chi connectivity index (χ3v) is 7.45. The first-order valence-corrected chi connectivity index (χ1v) is 8.74. The molecule has 0 aliphatic carbocycles. The van der Waals surface area contributed by atoms with E-state index in [2.05, 4.69) is 63.7 Å². The molecule has 0 saturated carbocycles. The summed E-state index contributed by atoms with van der Waals surface area (Å²) in [5.41, 5.74) is 0.275. The van der Waals surface area contributed by atoms with Crippen molar-refractivity contribution in [2.45, 2.75) is 4.83 Å². The third-order valence-electron chi connectivity index (χ3n) is 2.23. The summed E-state index contributed by atoms with van der Waals surface area (Å²) in [4.78, 5) is 0.502. The largest absolute Gasteiger partial charge is 0.207 e. The van der Waals surface area contributed by atoms with Crippen LogP contribution in [-0.2, 0) is 0 Å². The van der Waals surface area contributed by atoms with Crippen LogP contribution in [0.25, 0.3) is 0 Å². The highest BCUT2D eigenvalue weighted by Crippen LogP contribution is 2.42. The first-order valence-electron chi connectivity index (χ1n) is 4.63. The van der Waals surface area contributed by atoms with Gasteiger partial charge in [-0.25, -0.2) is 8.78 Å². The highest BCUT2D eigenvalue weighted by Gasteiger charge is 2.20. The summed E-state index contributed by atoms with van der Waals surface area (Å²) in [6.07, 6.45) is 0. The molecular weight excluding hydrogens is 522 g/mol. The van der Waals surface area contributed by atoms with Crippen LogP contribution in [0, 0.1) is 11.6 Å². The second-order valence-corrected chi connectivity index (χ2v) is 8.45. The summed E-state index contributed by atoms with van der Waals surface area (Å²) < 4.78 is 29.2. The molecule has 0 radical (unpaired) electrons. The SMILES string of the molecule is Fc1cc(C(Br)c2cc(Br)c(Br)s2)c(F)cc1Br. The number of hydrogen-bond acceptors (Lipinski definition) is 1. The topological polar surface area (TPSA) is 0 Å². The Labute approximate surface area is 140 Å². The number of rotatable bonds is 2. The average molecular weight is 526 g/mol. The molecule has 18 heavy (non-hydrogen) atoms. The van der Waals surface area contributed by atoms with E-state index in [1.807, 2.05) is 6.07 Å². The van der Waals surface area contributed by atoms with E-state index in [4.69, 9.17) is 0 Å². The minimum absolute atomic E-state index is 0.122. The molecule has 0 nitrogen and oxygen atoms in total. The van der Waals surface area contributed by atoms with Crippen molar-refractivity contribution < 1.29 is 8.78 Å². The number of halogens is 6. The third kappa shape index (κ3) is 3.06. The second-order valence-electron chi connectivity index (χ2n) is 3.42. The van der Waals surface area contributed by atoms with Gasteiger partial charge in [0.15, 0.2) is 0 Å². The summed E-state index contributed by atoms with van der Waals surface area (Å²) >= 11 is 14.6. The zero-order valence-corrected chi connectivity index (χ0v) is 15.6. The van der Waals surface area contributed by atoms with Crippen molar-refractivity contribution in [2.75, 3.05) is 0 Å². The fourth-order valence-corrected chi connectivity index (χ4v) is 4.54. The quantitative estimate of drug-likeness (QED) is 0.299. The molecule has 96 valence electrons. The summed E-state index contributed by atoms with van der Waals surface area (Å²) in [5, 5.41) is 0. The Balaban J connectivity index is 2.45. The number of alkyl halides is 1. The molecular formula is C11H4Br4F2S. The highest BCUT2D eigenvalue weighted by atomic mass is 79.9. The monoisotopic (exact) mass is 522 g/mol. The van der Waals surface area contributed by atoms with Crippen molar-refractivity contribution in [2.24, 2.45) is 0 Å². The maximum atomic E-state index is 13.8. The van der Waals surface area contributed by atoms with Crippen LogP contribution in [0.1, 0.15) is 15.3 Å². The van der Waals surface area contributed by atoms with Crippen molar-refractivity contribution in [3.05, 3.63) is 53.0 Å². The van der Waals surface area contributed by atoms with E-state index in [1.54, 1.807) is 0 Å². The van der Waals surface area contributed by atoms with Gasteiger partial charge in [-0.1, -0.05) is 15.9 Å². The van der Waals surface area contributed by atoms with Gasteiger partial charge in [0.05, 0.1) is 13.1 Å². The van der Waals surface area contributed by atoms with Crippen LogP contribution in [0.5, 0.6) is 0 Å². The van der Waals surface area contributed by atoms with Crippen LogP contribution in [-0.4, -0.2) is 0 Å². The molecule has 2 aromatic rings. The standard InChI is InChI=1S/C11H4Br4F2S/c12-5-2-7(16)4(1-8(5)17)10(14)9-3-6(13)11(15)18-9/h1-3,10H. The zero-order valence-electron chi connectivity index (χ0n) is 8.49. The maximum Gasteiger partial charge on any atom is 0.137 e. The van der Waals surface area contributed by atoms with E-state index >= 15 is 0 Å². The molecule has 1 aromatic heterocycles. The minimum atomic E-state index is -0.481. The second kappa shape index (κ2) is 5.99. The molecule has 2 rings (SSSR count). The van der Waals surface area contributed by atoms with Crippen LogP contribution in [0.2, 0.25) is 0 Å². The molecule has 0 saturated heterocycles. The molecule has 1 heterocycles. The molecule has 1 aromatic carbocycles. The number of benzene rings is 1. The molecule has 1 atom stereocenters. The lowest BCUT2D eigenvalue weighted by Gasteiger charge is -2.10. The summed E-state index contributed by atoms with van der Waals surface area (Å²) in [7, 11) is 0. The van der Waals surface area contributed by atoms with Crippen molar-refractivity contribution in [3.63, 3.8) is 0 Å². The Morgan fingerprint density at radius 1 is 0.944 bits per heavy atom. The molecule has 1 unspecified atom stereocenters. The molecule has 0 bridgehead atoms. The van der Waals surface area contributed by atoms with Crippen LogP contribution < -0.4 is 0 Å². The highest BCUT2D eigenvalue weighted by molar-refractivity contribution is 9.13. The summed E-state index contributed by atoms with van der Waals surface area (Å²) in [6.45, 7) is 0.